The summed E-state index contributed by atoms with van der Waals surface area (Å²) in [5.41, 5.74) is 0. The third kappa shape index (κ3) is 2.31. The van der Waals surface area contributed by atoms with Gasteiger partial charge in [0.25, 0.3) is 0 Å². The molecule has 1 aliphatic rings. The van der Waals surface area contributed by atoms with Crippen molar-refractivity contribution in [2.45, 2.75) is 5.32 Å². The first-order valence-corrected chi connectivity index (χ1v) is 7.62. The van der Waals surface area contributed by atoms with Crippen LogP contribution in [0.4, 0.5) is 0 Å². The standard InChI is InChI=1S/C14H12O2Se/c1-2-5-11(6-3-1)16-12-7-4-8-13-14(12)15-9-10-17-13/h1-8H,9-10H2. The molecule has 0 amide bonds. The zero-order valence-electron chi connectivity index (χ0n) is 9.26. The molecule has 1 aliphatic heterocycles. The Morgan fingerprint density at radius 1 is 1.00 bits per heavy atom. The average Bonchev–Trinajstić information content (AvgIpc) is 2.40. The Labute approximate surface area is 107 Å². The number of benzene rings is 2. The predicted molar refractivity (Wildman–Crippen MR) is 68.6 cm³/mol. The van der Waals surface area contributed by atoms with E-state index < -0.39 is 0 Å². The van der Waals surface area contributed by atoms with E-state index in [2.05, 4.69) is 6.07 Å². The Morgan fingerprint density at radius 3 is 2.76 bits per heavy atom. The molecule has 0 aliphatic carbocycles. The summed E-state index contributed by atoms with van der Waals surface area (Å²) in [4.78, 5) is 0. The van der Waals surface area contributed by atoms with Gasteiger partial charge < -0.3 is 0 Å². The van der Waals surface area contributed by atoms with E-state index >= 15 is 0 Å². The van der Waals surface area contributed by atoms with Crippen LogP contribution in [0.3, 0.4) is 0 Å². The monoisotopic (exact) mass is 292 g/mol. The first-order valence-electron chi connectivity index (χ1n) is 5.55. The normalized spacial score (nSPS) is 13.6. The van der Waals surface area contributed by atoms with Crippen LogP contribution in [0.25, 0.3) is 0 Å². The van der Waals surface area contributed by atoms with Gasteiger partial charge in [0.15, 0.2) is 0 Å². The van der Waals surface area contributed by atoms with Crippen molar-refractivity contribution in [2.24, 2.45) is 0 Å². The summed E-state index contributed by atoms with van der Waals surface area (Å²) in [5.74, 6) is 2.61. The molecule has 17 heavy (non-hydrogen) atoms. The van der Waals surface area contributed by atoms with Crippen LogP contribution in [-0.2, 0) is 0 Å². The van der Waals surface area contributed by atoms with E-state index in [-0.39, 0.29) is 0 Å². The SMILES string of the molecule is c1ccc(Oc2cccc3c2OCC[Se]3)cc1. The molecular formula is C14H12O2Se. The molecule has 0 fully saturated rings. The fourth-order valence-corrected chi connectivity index (χ4v) is 3.53. The Balaban J connectivity index is 1.93. The van der Waals surface area contributed by atoms with Crippen molar-refractivity contribution in [1.82, 2.24) is 0 Å². The van der Waals surface area contributed by atoms with Crippen LogP contribution in [0.2, 0.25) is 5.32 Å². The van der Waals surface area contributed by atoms with Crippen molar-refractivity contribution in [3.63, 3.8) is 0 Å². The van der Waals surface area contributed by atoms with Gasteiger partial charge in [0, 0.05) is 0 Å². The van der Waals surface area contributed by atoms with Gasteiger partial charge in [0.05, 0.1) is 0 Å². The van der Waals surface area contributed by atoms with Crippen LogP contribution in [0.5, 0.6) is 17.2 Å². The van der Waals surface area contributed by atoms with Gasteiger partial charge in [-0.2, -0.15) is 0 Å². The maximum atomic E-state index is 5.86. The van der Waals surface area contributed by atoms with Crippen LogP contribution >= 0.6 is 0 Å². The zero-order chi connectivity index (χ0) is 11.5. The molecule has 0 N–H and O–H groups in total. The van der Waals surface area contributed by atoms with Crippen molar-refractivity contribution in [3.8, 4) is 17.2 Å². The molecule has 0 saturated heterocycles. The average molecular weight is 291 g/mol. The van der Waals surface area contributed by atoms with Crippen molar-refractivity contribution in [1.29, 1.82) is 0 Å². The second-order valence-electron chi connectivity index (χ2n) is 3.70. The van der Waals surface area contributed by atoms with Crippen LogP contribution in [0, 0.1) is 0 Å². The summed E-state index contributed by atoms with van der Waals surface area (Å²) in [6.45, 7) is 0.808. The minimum absolute atomic E-state index is 0.518. The van der Waals surface area contributed by atoms with Gasteiger partial charge in [-0.05, 0) is 0 Å². The first-order chi connectivity index (χ1) is 8.43. The minimum atomic E-state index is 0.518. The Morgan fingerprint density at radius 2 is 1.88 bits per heavy atom. The molecule has 86 valence electrons. The third-order valence-electron chi connectivity index (χ3n) is 2.50. The van der Waals surface area contributed by atoms with Crippen LogP contribution in [0.15, 0.2) is 48.5 Å². The van der Waals surface area contributed by atoms with Gasteiger partial charge in [-0.3, -0.25) is 0 Å². The molecule has 0 spiro atoms. The number of ether oxygens (including phenoxy) is 2. The second kappa shape index (κ2) is 4.82. The summed E-state index contributed by atoms with van der Waals surface area (Å²) < 4.78 is 12.9. The quantitative estimate of drug-likeness (QED) is 0.792. The Bertz CT molecular complexity index is 511. The molecule has 1 heterocycles. The molecule has 2 aromatic carbocycles. The number of hydrogen-bond acceptors (Lipinski definition) is 2. The zero-order valence-corrected chi connectivity index (χ0v) is 11.0. The Kier molecular flexibility index (Phi) is 3.03. The van der Waals surface area contributed by atoms with Gasteiger partial charge in [0.1, 0.15) is 0 Å². The van der Waals surface area contributed by atoms with E-state index in [0.29, 0.717) is 15.0 Å². The van der Waals surface area contributed by atoms with Crippen molar-refractivity contribution < 1.29 is 9.47 Å². The molecule has 2 aromatic rings. The molecule has 3 heteroatoms. The van der Waals surface area contributed by atoms with Crippen molar-refractivity contribution in [3.05, 3.63) is 48.5 Å². The third-order valence-corrected chi connectivity index (χ3v) is 4.61. The van der Waals surface area contributed by atoms with Crippen LogP contribution in [-0.4, -0.2) is 21.6 Å². The van der Waals surface area contributed by atoms with Crippen LogP contribution in [0.1, 0.15) is 0 Å². The first kappa shape index (κ1) is 10.7. The maximum absolute atomic E-state index is 5.86. The molecule has 0 aromatic heterocycles. The summed E-state index contributed by atoms with van der Waals surface area (Å²) in [6, 6.07) is 16.0. The summed E-state index contributed by atoms with van der Waals surface area (Å²) in [5, 5.41) is 1.15. The molecule has 0 unspecified atom stereocenters. The molecule has 2 nitrogen and oxygen atoms in total. The van der Waals surface area contributed by atoms with E-state index in [1.165, 1.54) is 4.46 Å². The second-order valence-corrected chi connectivity index (χ2v) is 6.08. The molecule has 3 rings (SSSR count). The fraction of sp³-hybridized carbons (Fsp3) is 0.143. The van der Waals surface area contributed by atoms with Gasteiger partial charge in [-0.25, -0.2) is 0 Å². The van der Waals surface area contributed by atoms with E-state index in [1.54, 1.807) is 0 Å². The fourth-order valence-electron chi connectivity index (χ4n) is 1.74. The van der Waals surface area contributed by atoms with E-state index in [0.717, 1.165) is 29.2 Å². The van der Waals surface area contributed by atoms with E-state index in [1.807, 2.05) is 42.5 Å². The summed E-state index contributed by atoms with van der Waals surface area (Å²) >= 11 is 0.518. The van der Waals surface area contributed by atoms with E-state index in [9.17, 15) is 0 Å². The van der Waals surface area contributed by atoms with Gasteiger partial charge >= 0.3 is 107 Å². The number of fused-ring (bicyclic) bond motifs is 1. The molecule has 0 bridgehead atoms. The number of hydrogen-bond donors (Lipinski definition) is 0. The summed E-state index contributed by atoms with van der Waals surface area (Å²) in [7, 11) is 0. The molecular weight excluding hydrogens is 279 g/mol. The van der Waals surface area contributed by atoms with Gasteiger partial charge in [-0.15, -0.1) is 0 Å². The summed E-state index contributed by atoms with van der Waals surface area (Å²) in [6.07, 6.45) is 0. The van der Waals surface area contributed by atoms with Crippen molar-refractivity contribution >= 4 is 19.4 Å². The molecule has 0 atom stereocenters. The van der Waals surface area contributed by atoms with Crippen molar-refractivity contribution in [2.75, 3.05) is 6.61 Å². The topological polar surface area (TPSA) is 18.5 Å². The van der Waals surface area contributed by atoms with E-state index in [4.69, 9.17) is 9.47 Å². The predicted octanol–water partition coefficient (Wildman–Crippen LogP) is 2.62. The number of rotatable bonds is 2. The number of para-hydroxylation sites is 2. The van der Waals surface area contributed by atoms with Crippen LogP contribution < -0.4 is 13.9 Å². The molecule has 0 saturated carbocycles. The van der Waals surface area contributed by atoms with Gasteiger partial charge in [-0.1, -0.05) is 0 Å². The molecule has 0 radical (unpaired) electrons. The Hall–Kier alpha value is -1.44. The van der Waals surface area contributed by atoms with Gasteiger partial charge in [0.2, 0.25) is 0 Å².